The summed E-state index contributed by atoms with van der Waals surface area (Å²) in [5, 5.41) is 7.69. The summed E-state index contributed by atoms with van der Waals surface area (Å²) in [6.45, 7) is 1.95. The largest absolute Gasteiger partial charge is 0.369 e. The number of nitrogens with one attached hydrogen (secondary N) is 1. The van der Waals surface area contributed by atoms with Crippen LogP contribution in [-0.2, 0) is 0 Å². The molecule has 0 saturated carbocycles. The summed E-state index contributed by atoms with van der Waals surface area (Å²) in [6, 6.07) is 13.3. The highest BCUT2D eigenvalue weighted by atomic mass is 15.3. The molecule has 0 unspecified atom stereocenters. The third kappa shape index (κ3) is 2.25. The molecule has 0 saturated heterocycles. The summed E-state index contributed by atoms with van der Waals surface area (Å²) in [6.07, 6.45) is 1.70. The summed E-state index contributed by atoms with van der Waals surface area (Å²) < 4.78 is 0. The molecule has 1 heterocycles. The molecule has 0 aliphatic heterocycles. The number of aromatic nitrogens is 1. The quantitative estimate of drug-likeness (QED) is 0.610. The Labute approximate surface area is 100 Å². The third-order valence-corrected chi connectivity index (χ3v) is 2.45. The fraction of sp³-hybridized carbons (Fsp3) is 0.0769. The molecule has 0 aliphatic rings. The van der Waals surface area contributed by atoms with E-state index >= 15 is 0 Å². The molecule has 3 N–H and O–H groups in total. The number of para-hydroxylation sites is 1. The SMILES string of the molecule is Cc1cccnc1N(C(=N)N)c1ccccc1. The number of hydrogen-bond acceptors (Lipinski definition) is 2. The first-order valence-electron chi connectivity index (χ1n) is 5.31. The highest BCUT2D eigenvalue weighted by molar-refractivity contribution is 5.99. The van der Waals surface area contributed by atoms with Crippen LogP contribution in [0.1, 0.15) is 5.56 Å². The van der Waals surface area contributed by atoms with Crippen molar-refractivity contribution in [1.29, 1.82) is 5.41 Å². The van der Waals surface area contributed by atoms with Crippen LogP contribution >= 0.6 is 0 Å². The minimum absolute atomic E-state index is 0.0435. The molecule has 86 valence electrons. The van der Waals surface area contributed by atoms with Gasteiger partial charge in [-0.05, 0) is 30.7 Å². The van der Waals surface area contributed by atoms with E-state index in [0.717, 1.165) is 11.3 Å². The zero-order chi connectivity index (χ0) is 12.3. The van der Waals surface area contributed by atoms with Crippen LogP contribution in [0.5, 0.6) is 0 Å². The average molecular weight is 226 g/mol. The van der Waals surface area contributed by atoms with E-state index in [9.17, 15) is 0 Å². The molecule has 0 radical (unpaired) electrons. The van der Waals surface area contributed by atoms with Crippen LogP contribution in [0.4, 0.5) is 11.5 Å². The highest BCUT2D eigenvalue weighted by Crippen LogP contribution is 2.25. The van der Waals surface area contributed by atoms with E-state index in [0.29, 0.717) is 5.82 Å². The molecule has 0 atom stereocenters. The van der Waals surface area contributed by atoms with E-state index in [-0.39, 0.29) is 5.96 Å². The van der Waals surface area contributed by atoms with E-state index in [1.54, 1.807) is 11.1 Å². The van der Waals surface area contributed by atoms with E-state index < -0.39 is 0 Å². The van der Waals surface area contributed by atoms with Crippen molar-refractivity contribution in [3.63, 3.8) is 0 Å². The maximum Gasteiger partial charge on any atom is 0.198 e. The van der Waals surface area contributed by atoms with Crippen molar-refractivity contribution >= 4 is 17.5 Å². The molecule has 1 aromatic carbocycles. The van der Waals surface area contributed by atoms with E-state index in [1.165, 1.54) is 0 Å². The molecule has 4 nitrogen and oxygen atoms in total. The molecule has 0 amide bonds. The lowest BCUT2D eigenvalue weighted by molar-refractivity contribution is 1.15. The second-order valence-corrected chi connectivity index (χ2v) is 3.70. The Hall–Kier alpha value is -2.36. The number of benzene rings is 1. The molecule has 0 bridgehead atoms. The van der Waals surface area contributed by atoms with E-state index in [2.05, 4.69) is 4.98 Å². The zero-order valence-corrected chi connectivity index (χ0v) is 9.59. The van der Waals surface area contributed by atoms with Crippen LogP contribution in [0, 0.1) is 12.3 Å². The maximum absolute atomic E-state index is 7.69. The predicted molar refractivity (Wildman–Crippen MR) is 69.5 cm³/mol. The zero-order valence-electron chi connectivity index (χ0n) is 9.59. The standard InChI is InChI=1S/C13H14N4/c1-10-6-5-9-16-12(10)17(13(14)15)11-7-3-2-4-8-11/h2-9H,1H3,(H3,14,15). The number of aryl methyl sites for hydroxylation is 1. The van der Waals surface area contributed by atoms with Gasteiger partial charge >= 0.3 is 0 Å². The van der Waals surface area contributed by atoms with Gasteiger partial charge in [0.1, 0.15) is 5.82 Å². The number of guanidine groups is 1. The van der Waals surface area contributed by atoms with Gasteiger partial charge in [0.15, 0.2) is 5.96 Å². The molecule has 0 aliphatic carbocycles. The summed E-state index contributed by atoms with van der Waals surface area (Å²) in [5.41, 5.74) is 7.45. The lowest BCUT2D eigenvalue weighted by Gasteiger charge is -2.23. The number of nitrogens with two attached hydrogens (primary N) is 1. The molecule has 17 heavy (non-hydrogen) atoms. The van der Waals surface area contributed by atoms with Crippen molar-refractivity contribution in [3.05, 3.63) is 54.2 Å². The summed E-state index contributed by atoms with van der Waals surface area (Å²) >= 11 is 0. The molecule has 0 fully saturated rings. The van der Waals surface area contributed by atoms with Gasteiger partial charge in [0.25, 0.3) is 0 Å². The van der Waals surface area contributed by atoms with Crippen LogP contribution in [0.25, 0.3) is 0 Å². The number of hydrogen-bond donors (Lipinski definition) is 2. The highest BCUT2D eigenvalue weighted by Gasteiger charge is 2.14. The van der Waals surface area contributed by atoms with Crippen molar-refractivity contribution in [3.8, 4) is 0 Å². The Bertz CT molecular complexity index is 522. The van der Waals surface area contributed by atoms with Gasteiger partial charge in [-0.3, -0.25) is 10.3 Å². The summed E-state index contributed by atoms with van der Waals surface area (Å²) in [7, 11) is 0. The van der Waals surface area contributed by atoms with Crippen molar-refractivity contribution in [2.75, 3.05) is 4.90 Å². The van der Waals surface area contributed by atoms with E-state index in [4.69, 9.17) is 11.1 Å². The van der Waals surface area contributed by atoms with Gasteiger partial charge in [0.05, 0.1) is 5.69 Å². The van der Waals surface area contributed by atoms with Crippen LogP contribution in [0.15, 0.2) is 48.7 Å². The first-order chi connectivity index (χ1) is 8.20. The maximum atomic E-state index is 7.69. The predicted octanol–water partition coefficient (Wildman–Crippen LogP) is 2.42. The summed E-state index contributed by atoms with van der Waals surface area (Å²) in [4.78, 5) is 5.90. The Morgan fingerprint density at radius 1 is 1.18 bits per heavy atom. The number of nitrogens with zero attached hydrogens (tertiary/aromatic N) is 2. The van der Waals surface area contributed by atoms with Gasteiger partial charge in [-0.1, -0.05) is 24.3 Å². The van der Waals surface area contributed by atoms with Crippen molar-refractivity contribution < 1.29 is 0 Å². The molecule has 1 aromatic heterocycles. The fourth-order valence-corrected chi connectivity index (χ4v) is 1.66. The first-order valence-corrected chi connectivity index (χ1v) is 5.31. The van der Waals surface area contributed by atoms with Crippen LogP contribution in [0.3, 0.4) is 0 Å². The average Bonchev–Trinajstić information content (AvgIpc) is 2.33. The Morgan fingerprint density at radius 2 is 1.88 bits per heavy atom. The van der Waals surface area contributed by atoms with Gasteiger partial charge in [0, 0.05) is 6.20 Å². The first kappa shape index (κ1) is 11.1. The normalized spacial score (nSPS) is 9.94. The van der Waals surface area contributed by atoms with Gasteiger partial charge in [0.2, 0.25) is 0 Å². The molecule has 2 aromatic rings. The number of pyridine rings is 1. The van der Waals surface area contributed by atoms with Crippen molar-refractivity contribution in [2.45, 2.75) is 6.92 Å². The topological polar surface area (TPSA) is 66.0 Å². The number of anilines is 2. The third-order valence-electron chi connectivity index (χ3n) is 2.45. The van der Waals surface area contributed by atoms with Gasteiger partial charge in [-0.25, -0.2) is 4.98 Å². The van der Waals surface area contributed by atoms with Gasteiger partial charge in [-0.15, -0.1) is 0 Å². The lowest BCUT2D eigenvalue weighted by Crippen LogP contribution is -2.33. The van der Waals surface area contributed by atoms with Gasteiger partial charge < -0.3 is 5.73 Å². The monoisotopic (exact) mass is 226 g/mol. The smallest absolute Gasteiger partial charge is 0.198 e. The lowest BCUT2D eigenvalue weighted by atomic mass is 10.2. The summed E-state index contributed by atoms with van der Waals surface area (Å²) in [5.74, 6) is 0.643. The van der Waals surface area contributed by atoms with Crippen LogP contribution in [0.2, 0.25) is 0 Å². The Kier molecular flexibility index (Phi) is 3.05. The van der Waals surface area contributed by atoms with Crippen LogP contribution in [-0.4, -0.2) is 10.9 Å². The second kappa shape index (κ2) is 4.65. The molecule has 2 rings (SSSR count). The van der Waals surface area contributed by atoms with Crippen molar-refractivity contribution in [2.24, 2.45) is 5.73 Å². The Balaban J connectivity index is 2.51. The molecule has 4 heteroatoms. The van der Waals surface area contributed by atoms with Crippen molar-refractivity contribution in [1.82, 2.24) is 4.98 Å². The molecular formula is C13H14N4. The van der Waals surface area contributed by atoms with Crippen LogP contribution < -0.4 is 10.6 Å². The Morgan fingerprint density at radius 3 is 2.47 bits per heavy atom. The van der Waals surface area contributed by atoms with E-state index in [1.807, 2.05) is 49.4 Å². The minimum Gasteiger partial charge on any atom is -0.369 e. The second-order valence-electron chi connectivity index (χ2n) is 3.70. The molecule has 0 spiro atoms. The minimum atomic E-state index is -0.0435. The number of rotatable bonds is 2. The van der Waals surface area contributed by atoms with Gasteiger partial charge in [-0.2, -0.15) is 0 Å². The fourth-order valence-electron chi connectivity index (χ4n) is 1.66. The molecular weight excluding hydrogens is 212 g/mol.